The molecule has 4 rings (SSSR count). The van der Waals surface area contributed by atoms with E-state index in [0.717, 1.165) is 56.9 Å². The normalized spacial score (nSPS) is 18.6. The highest BCUT2D eigenvalue weighted by molar-refractivity contribution is 5.93. The number of carbonyl (C=O) groups is 1. The number of fused-ring (bicyclic) bond motifs is 1. The first-order valence-electron chi connectivity index (χ1n) is 11.6. The molecule has 166 valence electrons. The Bertz CT molecular complexity index is 1060. The van der Waals surface area contributed by atoms with Crippen LogP contribution in [0.5, 0.6) is 0 Å². The summed E-state index contributed by atoms with van der Waals surface area (Å²) in [6.07, 6.45) is 13.4. The molecule has 6 heteroatoms. The smallest absolute Gasteiger partial charge is 0.331 e. The first-order valence-corrected chi connectivity index (χ1v) is 11.6. The van der Waals surface area contributed by atoms with Crippen LogP contribution in [0.4, 0.5) is 10.1 Å². The second kappa shape index (κ2) is 9.25. The minimum absolute atomic E-state index is 0.172. The Morgan fingerprint density at radius 2 is 1.84 bits per heavy atom. The molecule has 1 aromatic heterocycles. The van der Waals surface area contributed by atoms with E-state index in [1.165, 1.54) is 18.6 Å². The highest BCUT2D eigenvalue weighted by Crippen LogP contribution is 2.34. The molecule has 1 heterocycles. The molecule has 2 aliphatic rings. The van der Waals surface area contributed by atoms with Crippen LogP contribution in [0.2, 0.25) is 0 Å². The van der Waals surface area contributed by atoms with Crippen LogP contribution >= 0.6 is 0 Å². The van der Waals surface area contributed by atoms with Gasteiger partial charge in [-0.3, -0.25) is 4.79 Å². The first-order chi connectivity index (χ1) is 15.0. The Kier molecular flexibility index (Phi) is 6.44. The molecule has 0 amide bonds. The van der Waals surface area contributed by atoms with Gasteiger partial charge in [0.15, 0.2) is 5.43 Å². The number of hydrogen-bond donors (Lipinski definition) is 2. The lowest BCUT2D eigenvalue weighted by atomic mass is 9.95. The fourth-order valence-corrected chi connectivity index (χ4v) is 5.06. The Morgan fingerprint density at radius 1 is 1.16 bits per heavy atom. The van der Waals surface area contributed by atoms with Gasteiger partial charge in [0.2, 0.25) is 0 Å². The Labute approximate surface area is 182 Å². The predicted octanol–water partition coefficient (Wildman–Crippen LogP) is 5.88. The van der Waals surface area contributed by atoms with Crippen molar-refractivity contribution in [3.63, 3.8) is 0 Å². The first kappa shape index (κ1) is 21.6. The number of halogens is 1. The van der Waals surface area contributed by atoms with E-state index in [1.807, 2.05) is 0 Å². The maximum absolute atomic E-state index is 15.0. The molecule has 0 unspecified atom stereocenters. The van der Waals surface area contributed by atoms with Crippen LogP contribution in [0.25, 0.3) is 17.0 Å². The average molecular weight is 427 g/mol. The van der Waals surface area contributed by atoms with E-state index >= 15 is 4.39 Å². The Morgan fingerprint density at radius 3 is 2.48 bits per heavy atom. The quantitative estimate of drug-likeness (QED) is 0.566. The number of anilines is 1. The highest BCUT2D eigenvalue weighted by atomic mass is 19.1. The third kappa shape index (κ3) is 4.53. The largest absolute Gasteiger partial charge is 0.478 e. The fourth-order valence-electron chi connectivity index (χ4n) is 5.06. The second-order valence-electron chi connectivity index (χ2n) is 8.92. The van der Waals surface area contributed by atoms with Crippen molar-refractivity contribution in [3.05, 3.63) is 45.5 Å². The lowest BCUT2D eigenvalue weighted by Crippen LogP contribution is -2.23. The van der Waals surface area contributed by atoms with Crippen molar-refractivity contribution in [1.29, 1.82) is 0 Å². The van der Waals surface area contributed by atoms with Gasteiger partial charge in [-0.05, 0) is 50.3 Å². The standard InChI is InChI=1S/C25H31FN2O3/c1-2-16(25(30)31)12-17-15-28(19-10-6-7-11-19)23-14-22(21(26)13-20(23)24(17)29)27-18-8-4-3-5-9-18/h12-15,18-19,27H,2-11H2,1H3,(H,30,31)/b16-12+. The van der Waals surface area contributed by atoms with Crippen LogP contribution in [0.15, 0.2) is 28.7 Å². The summed E-state index contributed by atoms with van der Waals surface area (Å²) in [6, 6.07) is 3.61. The Balaban J connectivity index is 1.85. The number of hydrogen-bond acceptors (Lipinski definition) is 3. The third-order valence-corrected chi connectivity index (χ3v) is 6.82. The summed E-state index contributed by atoms with van der Waals surface area (Å²) in [5, 5.41) is 13.1. The van der Waals surface area contributed by atoms with Gasteiger partial charge in [-0.15, -0.1) is 0 Å². The van der Waals surface area contributed by atoms with Gasteiger partial charge in [0.05, 0.1) is 11.2 Å². The molecule has 0 saturated heterocycles. The fraction of sp³-hybridized carbons (Fsp3) is 0.520. The molecule has 0 radical (unpaired) electrons. The summed E-state index contributed by atoms with van der Waals surface area (Å²) >= 11 is 0. The molecule has 2 N–H and O–H groups in total. The number of benzene rings is 1. The molecular formula is C25H31FN2O3. The van der Waals surface area contributed by atoms with E-state index in [0.29, 0.717) is 23.1 Å². The monoisotopic (exact) mass is 426 g/mol. The summed E-state index contributed by atoms with van der Waals surface area (Å²) in [5.74, 6) is -1.46. The van der Waals surface area contributed by atoms with Gasteiger partial charge in [-0.25, -0.2) is 9.18 Å². The van der Waals surface area contributed by atoms with Crippen LogP contribution < -0.4 is 10.7 Å². The number of carboxylic acid groups (broad SMARTS) is 1. The van der Waals surface area contributed by atoms with Crippen molar-refractivity contribution < 1.29 is 14.3 Å². The maximum atomic E-state index is 15.0. The van der Waals surface area contributed by atoms with Crippen LogP contribution in [0, 0.1) is 5.82 Å². The van der Waals surface area contributed by atoms with Crippen molar-refractivity contribution in [3.8, 4) is 0 Å². The molecule has 0 atom stereocenters. The van der Waals surface area contributed by atoms with Crippen molar-refractivity contribution >= 4 is 28.6 Å². The summed E-state index contributed by atoms with van der Waals surface area (Å²) in [4.78, 5) is 24.7. The van der Waals surface area contributed by atoms with Gasteiger partial charge in [0.25, 0.3) is 0 Å². The number of aromatic nitrogens is 1. The summed E-state index contributed by atoms with van der Waals surface area (Å²) in [6.45, 7) is 1.75. The van der Waals surface area contributed by atoms with Crippen LogP contribution in [0.1, 0.15) is 82.7 Å². The van der Waals surface area contributed by atoms with Crippen LogP contribution in [-0.2, 0) is 4.79 Å². The Hall–Kier alpha value is -2.63. The van der Waals surface area contributed by atoms with Crippen LogP contribution in [0.3, 0.4) is 0 Å². The summed E-state index contributed by atoms with van der Waals surface area (Å²) in [5.41, 5.74) is 1.34. The minimum atomic E-state index is -1.03. The highest BCUT2D eigenvalue weighted by Gasteiger charge is 2.22. The maximum Gasteiger partial charge on any atom is 0.331 e. The molecule has 2 saturated carbocycles. The molecule has 2 aromatic rings. The van der Waals surface area contributed by atoms with Gasteiger partial charge < -0.3 is 15.0 Å². The zero-order valence-electron chi connectivity index (χ0n) is 18.1. The van der Waals surface area contributed by atoms with Gasteiger partial charge in [-0.1, -0.05) is 39.0 Å². The van der Waals surface area contributed by atoms with E-state index in [9.17, 15) is 14.7 Å². The molecule has 31 heavy (non-hydrogen) atoms. The van der Waals surface area contributed by atoms with Gasteiger partial charge in [0.1, 0.15) is 5.82 Å². The third-order valence-electron chi connectivity index (χ3n) is 6.82. The number of nitrogens with one attached hydrogen (secondary N) is 1. The lowest BCUT2D eigenvalue weighted by Gasteiger charge is -2.25. The van der Waals surface area contributed by atoms with Crippen molar-refractivity contribution in [2.24, 2.45) is 0 Å². The van der Waals surface area contributed by atoms with Gasteiger partial charge in [0, 0.05) is 34.8 Å². The molecule has 0 spiro atoms. The van der Waals surface area contributed by atoms with Crippen LogP contribution in [-0.4, -0.2) is 21.7 Å². The van der Waals surface area contributed by atoms with E-state index in [2.05, 4.69) is 9.88 Å². The summed E-state index contributed by atoms with van der Waals surface area (Å²) < 4.78 is 17.1. The van der Waals surface area contributed by atoms with E-state index in [4.69, 9.17) is 0 Å². The number of pyridine rings is 1. The summed E-state index contributed by atoms with van der Waals surface area (Å²) in [7, 11) is 0. The van der Waals surface area contributed by atoms with E-state index in [1.54, 1.807) is 19.2 Å². The van der Waals surface area contributed by atoms with Crippen molar-refractivity contribution in [1.82, 2.24) is 4.57 Å². The van der Waals surface area contributed by atoms with Gasteiger partial charge >= 0.3 is 5.97 Å². The molecular weight excluding hydrogens is 395 g/mol. The molecule has 0 bridgehead atoms. The van der Waals surface area contributed by atoms with Crippen molar-refractivity contribution in [2.45, 2.75) is 83.2 Å². The van der Waals surface area contributed by atoms with Crippen molar-refractivity contribution in [2.75, 3.05) is 5.32 Å². The minimum Gasteiger partial charge on any atom is -0.478 e. The SMILES string of the molecule is CC/C(=C\c1cn(C2CCCC2)c2cc(NC3CCCCC3)c(F)cc2c1=O)C(=O)O. The molecule has 5 nitrogen and oxygen atoms in total. The molecule has 2 fully saturated rings. The average Bonchev–Trinajstić information content (AvgIpc) is 3.29. The number of rotatable bonds is 6. The predicted molar refractivity (Wildman–Crippen MR) is 122 cm³/mol. The second-order valence-corrected chi connectivity index (χ2v) is 8.92. The van der Waals surface area contributed by atoms with E-state index in [-0.39, 0.29) is 23.1 Å². The lowest BCUT2D eigenvalue weighted by molar-refractivity contribution is -0.132. The number of carboxylic acids is 1. The molecule has 0 aliphatic heterocycles. The topological polar surface area (TPSA) is 71.3 Å². The molecule has 1 aromatic carbocycles. The zero-order chi connectivity index (χ0) is 22.0. The zero-order valence-corrected chi connectivity index (χ0v) is 18.1. The van der Waals surface area contributed by atoms with E-state index < -0.39 is 11.8 Å². The van der Waals surface area contributed by atoms with Gasteiger partial charge in [-0.2, -0.15) is 0 Å². The molecule has 2 aliphatic carbocycles. The number of aliphatic carboxylic acids is 1. The number of nitrogens with zero attached hydrogens (tertiary/aromatic N) is 1.